The van der Waals surface area contributed by atoms with Gasteiger partial charge in [0.2, 0.25) is 0 Å². The van der Waals surface area contributed by atoms with Crippen LogP contribution < -0.4 is 11.2 Å². The molecule has 134 valence electrons. The van der Waals surface area contributed by atoms with Gasteiger partial charge in [0.1, 0.15) is 0 Å². The molecule has 0 fully saturated rings. The van der Waals surface area contributed by atoms with Gasteiger partial charge in [0.25, 0.3) is 5.56 Å². The molecule has 0 saturated carbocycles. The highest BCUT2D eigenvalue weighted by molar-refractivity contribution is 7.99. The highest BCUT2D eigenvalue weighted by atomic mass is 32.2. The van der Waals surface area contributed by atoms with E-state index in [4.69, 9.17) is 0 Å². The third kappa shape index (κ3) is 2.64. The monoisotopic (exact) mass is 370 g/mol. The Morgan fingerprint density at radius 1 is 1.19 bits per heavy atom. The second-order valence-corrected chi connectivity index (χ2v) is 7.31. The summed E-state index contributed by atoms with van der Waals surface area (Å²) >= 11 is 1.58. The number of thioether (sulfide) groups is 1. The van der Waals surface area contributed by atoms with Crippen molar-refractivity contribution in [2.24, 2.45) is 14.1 Å². The molecule has 3 heterocycles. The Kier molecular flexibility index (Phi) is 3.95. The van der Waals surface area contributed by atoms with Crippen molar-refractivity contribution >= 4 is 34.0 Å². The molecule has 4 rings (SSSR count). The summed E-state index contributed by atoms with van der Waals surface area (Å²) in [5.41, 5.74) is 3.28. The molecule has 0 aliphatic heterocycles. The number of benzene rings is 1. The third-order valence-corrected chi connectivity index (χ3v) is 5.26. The molecule has 0 unspecified atom stereocenters. The van der Waals surface area contributed by atoms with Crippen molar-refractivity contribution in [3.63, 3.8) is 0 Å². The molecule has 1 N–H and O–H groups in total. The smallest absolute Gasteiger partial charge is 0.332 e. The number of aryl methyl sites for hydroxylation is 3. The third-order valence-electron chi connectivity index (χ3n) is 4.40. The molecule has 0 spiro atoms. The van der Waals surface area contributed by atoms with E-state index in [1.54, 1.807) is 29.7 Å². The minimum atomic E-state index is -0.375. The number of aromatic amines is 1. The summed E-state index contributed by atoms with van der Waals surface area (Å²) in [6.45, 7) is 2.63. The van der Waals surface area contributed by atoms with Crippen molar-refractivity contribution in [3.05, 3.63) is 50.9 Å². The Morgan fingerprint density at radius 2 is 2.00 bits per heavy atom. The zero-order valence-corrected chi connectivity index (χ0v) is 15.5. The van der Waals surface area contributed by atoms with Crippen LogP contribution in [0.4, 0.5) is 0 Å². The lowest BCUT2D eigenvalue weighted by atomic mass is 10.2. The predicted octanol–water partition coefficient (Wildman–Crippen LogP) is 1.41. The predicted molar refractivity (Wildman–Crippen MR) is 102 cm³/mol. The number of nitrogens with zero attached hydrogens (tertiary/aromatic N) is 5. The molecule has 8 nitrogen and oxygen atoms in total. The highest BCUT2D eigenvalue weighted by Gasteiger charge is 2.14. The standard InChI is InChI=1S/C17H18N6O2S/c1-10-4-5-11-12(8-10)20-16(19-11)26-7-6-23-9-18-14-13(23)15(24)22(3)17(25)21(14)2/h4-5,8-9H,6-7H2,1-3H3,(H,19,20). The fraction of sp³-hybridized carbons (Fsp3) is 0.294. The average molecular weight is 370 g/mol. The second kappa shape index (κ2) is 6.17. The van der Waals surface area contributed by atoms with Crippen molar-refractivity contribution < 1.29 is 0 Å². The van der Waals surface area contributed by atoms with Crippen LogP contribution in [0.3, 0.4) is 0 Å². The first-order valence-corrected chi connectivity index (χ1v) is 9.14. The summed E-state index contributed by atoms with van der Waals surface area (Å²) < 4.78 is 4.29. The zero-order valence-electron chi connectivity index (χ0n) is 14.7. The summed E-state index contributed by atoms with van der Waals surface area (Å²) in [7, 11) is 3.10. The van der Waals surface area contributed by atoms with Gasteiger partial charge in [-0.2, -0.15) is 0 Å². The van der Waals surface area contributed by atoms with Gasteiger partial charge in [-0.25, -0.2) is 14.8 Å². The minimum absolute atomic E-state index is 0.329. The van der Waals surface area contributed by atoms with Crippen LogP contribution in [-0.4, -0.2) is 34.4 Å². The van der Waals surface area contributed by atoms with Crippen LogP contribution in [0, 0.1) is 6.92 Å². The number of H-pyrrole nitrogens is 1. The van der Waals surface area contributed by atoms with Crippen molar-refractivity contribution in [3.8, 4) is 0 Å². The summed E-state index contributed by atoms with van der Waals surface area (Å²) in [4.78, 5) is 36.5. The SMILES string of the molecule is Cc1ccc2nc(SCCn3cnc4c3c(=O)n(C)c(=O)n4C)[nH]c2c1. The van der Waals surface area contributed by atoms with Gasteiger partial charge in [-0.1, -0.05) is 17.8 Å². The molecule has 0 radical (unpaired) electrons. The number of fused-ring (bicyclic) bond motifs is 2. The van der Waals surface area contributed by atoms with Crippen LogP contribution in [0.5, 0.6) is 0 Å². The maximum atomic E-state index is 12.4. The quantitative estimate of drug-likeness (QED) is 0.549. The number of nitrogens with one attached hydrogen (secondary N) is 1. The van der Waals surface area contributed by atoms with Gasteiger partial charge >= 0.3 is 5.69 Å². The van der Waals surface area contributed by atoms with Crippen LogP contribution >= 0.6 is 11.8 Å². The Morgan fingerprint density at radius 3 is 2.81 bits per heavy atom. The van der Waals surface area contributed by atoms with E-state index in [-0.39, 0.29) is 11.2 Å². The van der Waals surface area contributed by atoms with Crippen LogP contribution in [0.2, 0.25) is 0 Å². The molecule has 26 heavy (non-hydrogen) atoms. The Labute approximate surface area is 152 Å². The topological polar surface area (TPSA) is 90.5 Å². The molecule has 0 bridgehead atoms. The molecule has 0 aliphatic rings. The van der Waals surface area contributed by atoms with E-state index in [1.165, 1.54) is 17.2 Å². The molecular weight excluding hydrogens is 352 g/mol. The van der Waals surface area contributed by atoms with Crippen LogP contribution in [-0.2, 0) is 20.6 Å². The lowest BCUT2D eigenvalue weighted by Crippen LogP contribution is -2.37. The van der Waals surface area contributed by atoms with Crippen LogP contribution in [0.1, 0.15) is 5.56 Å². The fourth-order valence-corrected chi connectivity index (χ4v) is 3.80. The van der Waals surface area contributed by atoms with Crippen LogP contribution in [0.15, 0.2) is 39.3 Å². The van der Waals surface area contributed by atoms with E-state index < -0.39 is 0 Å². The van der Waals surface area contributed by atoms with Crippen LogP contribution in [0.25, 0.3) is 22.2 Å². The summed E-state index contributed by atoms with van der Waals surface area (Å²) in [5, 5.41) is 0.843. The maximum absolute atomic E-state index is 12.4. The van der Waals surface area contributed by atoms with E-state index in [9.17, 15) is 9.59 Å². The number of hydrogen-bond donors (Lipinski definition) is 1. The highest BCUT2D eigenvalue weighted by Crippen LogP contribution is 2.20. The molecular formula is C17H18N6O2S. The summed E-state index contributed by atoms with van der Waals surface area (Å²) in [6, 6.07) is 6.11. The van der Waals surface area contributed by atoms with E-state index >= 15 is 0 Å². The molecule has 1 aromatic carbocycles. The first-order valence-electron chi connectivity index (χ1n) is 8.15. The first-order chi connectivity index (χ1) is 12.5. The molecule has 0 aliphatic carbocycles. The van der Waals surface area contributed by atoms with Crippen molar-refractivity contribution in [1.82, 2.24) is 28.7 Å². The first kappa shape index (κ1) is 16.6. The molecule has 3 aromatic heterocycles. The summed E-state index contributed by atoms with van der Waals surface area (Å²) in [6.07, 6.45) is 1.61. The average Bonchev–Trinajstić information content (AvgIpc) is 3.21. The molecule has 4 aromatic rings. The normalized spacial score (nSPS) is 11.7. The zero-order chi connectivity index (χ0) is 18.4. The van der Waals surface area contributed by atoms with Gasteiger partial charge in [-0.3, -0.25) is 13.9 Å². The molecule has 0 saturated heterocycles. The van der Waals surface area contributed by atoms with E-state index in [0.717, 1.165) is 26.5 Å². The van der Waals surface area contributed by atoms with Gasteiger partial charge in [0.15, 0.2) is 16.3 Å². The van der Waals surface area contributed by atoms with Gasteiger partial charge < -0.3 is 9.55 Å². The lowest BCUT2D eigenvalue weighted by Gasteiger charge is -2.06. The largest absolute Gasteiger partial charge is 0.333 e. The minimum Gasteiger partial charge on any atom is -0.333 e. The fourth-order valence-electron chi connectivity index (χ4n) is 2.98. The molecule has 0 amide bonds. The number of imidazole rings is 2. The maximum Gasteiger partial charge on any atom is 0.332 e. The number of hydrogen-bond acceptors (Lipinski definition) is 5. The van der Waals surface area contributed by atoms with E-state index in [0.29, 0.717) is 17.7 Å². The lowest BCUT2D eigenvalue weighted by molar-refractivity contribution is 0.700. The number of rotatable bonds is 4. The van der Waals surface area contributed by atoms with Crippen molar-refractivity contribution in [2.75, 3.05) is 5.75 Å². The van der Waals surface area contributed by atoms with E-state index in [2.05, 4.69) is 21.0 Å². The number of aromatic nitrogens is 6. The van der Waals surface area contributed by atoms with Crippen molar-refractivity contribution in [2.45, 2.75) is 18.6 Å². The van der Waals surface area contributed by atoms with Gasteiger partial charge in [-0.05, 0) is 24.6 Å². The second-order valence-electron chi connectivity index (χ2n) is 6.23. The van der Waals surface area contributed by atoms with Gasteiger partial charge in [0.05, 0.1) is 17.4 Å². The summed E-state index contributed by atoms with van der Waals surface area (Å²) in [5.74, 6) is 0.719. The van der Waals surface area contributed by atoms with Gasteiger partial charge in [-0.15, -0.1) is 0 Å². The Hall–Kier alpha value is -2.81. The van der Waals surface area contributed by atoms with E-state index in [1.807, 2.05) is 19.1 Å². The van der Waals surface area contributed by atoms with Crippen molar-refractivity contribution in [1.29, 1.82) is 0 Å². The Bertz CT molecular complexity index is 1250. The Balaban J connectivity index is 1.58. The molecule has 0 atom stereocenters. The van der Waals surface area contributed by atoms with Gasteiger partial charge in [0, 0.05) is 26.4 Å². The molecule has 9 heteroatoms.